The highest BCUT2D eigenvalue weighted by Crippen LogP contribution is 2.45. The molecule has 0 bridgehead atoms. The Hall–Kier alpha value is -1.07. The van der Waals surface area contributed by atoms with Gasteiger partial charge in [-0.1, -0.05) is 6.08 Å². The maximum atomic E-state index is 12.3. The lowest BCUT2D eigenvalue weighted by Gasteiger charge is -2.45. The molecule has 2 heterocycles. The molecule has 106 valence electrons. The van der Waals surface area contributed by atoms with Crippen LogP contribution in [0.2, 0.25) is 0 Å². The minimum absolute atomic E-state index is 0.135. The van der Waals surface area contributed by atoms with Crippen LogP contribution in [-0.2, 0) is 4.79 Å². The fourth-order valence-electron chi connectivity index (χ4n) is 2.61. The van der Waals surface area contributed by atoms with Gasteiger partial charge in [-0.05, 0) is 31.2 Å². The van der Waals surface area contributed by atoms with Gasteiger partial charge in [-0.15, -0.1) is 23.5 Å². The van der Waals surface area contributed by atoms with Crippen LogP contribution in [0, 0.1) is 0 Å². The van der Waals surface area contributed by atoms with Gasteiger partial charge in [0.05, 0.1) is 17.7 Å². The molecule has 1 aromatic carbocycles. The first-order chi connectivity index (χ1) is 9.76. The zero-order valence-electron chi connectivity index (χ0n) is 11.5. The summed E-state index contributed by atoms with van der Waals surface area (Å²) in [4.78, 5) is 14.2. The van der Waals surface area contributed by atoms with Crippen LogP contribution in [0.4, 0.5) is 5.69 Å². The molecule has 1 atom stereocenters. The molecule has 0 spiro atoms. The first kappa shape index (κ1) is 13.9. The molecule has 20 heavy (non-hydrogen) atoms. The lowest BCUT2D eigenvalue weighted by Crippen LogP contribution is -2.59. The predicted molar refractivity (Wildman–Crippen MR) is 86.7 cm³/mol. The first-order valence-corrected chi connectivity index (χ1v) is 8.73. The topological polar surface area (TPSA) is 29.5 Å². The molecule has 1 amide bonds. The number of carbonyl (C=O) groups excluding carboxylic acids is 1. The molecular weight excluding hydrogens is 290 g/mol. The minimum Gasteiger partial charge on any atom is -0.497 e. The van der Waals surface area contributed by atoms with Crippen LogP contribution in [0.15, 0.2) is 35.9 Å². The minimum atomic E-state index is 0.135. The number of benzene rings is 1. The van der Waals surface area contributed by atoms with Crippen molar-refractivity contribution in [1.82, 2.24) is 0 Å². The summed E-state index contributed by atoms with van der Waals surface area (Å²) in [5, 5.41) is 0. The van der Waals surface area contributed by atoms with Gasteiger partial charge in [0, 0.05) is 22.8 Å². The zero-order chi connectivity index (χ0) is 14.1. The fraction of sp³-hybridized carbons (Fsp3) is 0.400. The Morgan fingerprint density at radius 3 is 2.45 bits per heavy atom. The summed E-state index contributed by atoms with van der Waals surface area (Å²) in [5.74, 6) is 3.30. The largest absolute Gasteiger partial charge is 0.497 e. The Morgan fingerprint density at radius 1 is 1.25 bits per heavy atom. The molecular formula is C15H17NO2S2. The van der Waals surface area contributed by atoms with E-state index in [9.17, 15) is 4.79 Å². The number of rotatable bonds is 3. The van der Waals surface area contributed by atoms with Gasteiger partial charge in [0.2, 0.25) is 0 Å². The summed E-state index contributed by atoms with van der Waals surface area (Å²) in [6.07, 6.45) is 1.96. The Bertz CT molecular complexity index is 535. The van der Waals surface area contributed by atoms with Gasteiger partial charge < -0.3 is 4.74 Å². The number of methoxy groups -OCH3 is 1. The van der Waals surface area contributed by atoms with Crippen molar-refractivity contribution in [2.45, 2.75) is 17.5 Å². The maximum absolute atomic E-state index is 12.3. The van der Waals surface area contributed by atoms with E-state index in [2.05, 4.69) is 0 Å². The van der Waals surface area contributed by atoms with Gasteiger partial charge in [0.25, 0.3) is 5.91 Å². The summed E-state index contributed by atoms with van der Waals surface area (Å²) in [6.45, 7) is 1.95. The third kappa shape index (κ3) is 2.23. The van der Waals surface area contributed by atoms with E-state index in [1.165, 1.54) is 11.5 Å². The number of amides is 1. The number of ether oxygens (including phenoxy) is 1. The van der Waals surface area contributed by atoms with Crippen molar-refractivity contribution < 1.29 is 9.53 Å². The van der Waals surface area contributed by atoms with Crippen molar-refractivity contribution in [2.24, 2.45) is 0 Å². The molecule has 0 aromatic heterocycles. The summed E-state index contributed by atoms with van der Waals surface area (Å²) < 4.78 is 5.63. The van der Waals surface area contributed by atoms with Crippen molar-refractivity contribution >= 4 is 35.1 Å². The molecule has 0 radical (unpaired) electrons. The van der Waals surface area contributed by atoms with E-state index in [0.717, 1.165) is 17.0 Å². The molecule has 0 saturated carbocycles. The Labute approximate surface area is 127 Å². The van der Waals surface area contributed by atoms with Crippen LogP contribution >= 0.6 is 23.5 Å². The van der Waals surface area contributed by atoms with Gasteiger partial charge in [0.1, 0.15) is 5.75 Å². The van der Waals surface area contributed by atoms with E-state index in [1.54, 1.807) is 7.11 Å². The number of β-lactam (4-membered cyclic amide) rings is 1. The van der Waals surface area contributed by atoms with Crippen LogP contribution < -0.4 is 9.64 Å². The van der Waals surface area contributed by atoms with Gasteiger partial charge in [-0.2, -0.15) is 0 Å². The smallest absolute Gasteiger partial charge is 0.256 e. The normalized spacial score (nSPS) is 25.1. The molecule has 2 aliphatic rings. The van der Waals surface area contributed by atoms with E-state index in [-0.39, 0.29) is 11.9 Å². The van der Waals surface area contributed by atoms with Crippen LogP contribution in [0.5, 0.6) is 5.75 Å². The van der Waals surface area contributed by atoms with E-state index in [1.807, 2.05) is 65.7 Å². The van der Waals surface area contributed by atoms with Crippen molar-refractivity contribution in [2.75, 3.05) is 23.5 Å². The molecule has 1 aromatic rings. The highest BCUT2D eigenvalue weighted by Gasteiger charge is 2.48. The third-order valence-electron chi connectivity index (χ3n) is 3.63. The summed E-state index contributed by atoms with van der Waals surface area (Å²) in [6, 6.07) is 7.93. The monoisotopic (exact) mass is 307 g/mol. The number of hydrogen-bond acceptors (Lipinski definition) is 4. The number of anilines is 1. The quantitative estimate of drug-likeness (QED) is 0.634. The van der Waals surface area contributed by atoms with Gasteiger partial charge in [-0.25, -0.2) is 0 Å². The molecule has 0 aliphatic carbocycles. The summed E-state index contributed by atoms with van der Waals surface area (Å²) >= 11 is 3.91. The highest BCUT2D eigenvalue weighted by atomic mass is 32.2. The van der Waals surface area contributed by atoms with Crippen molar-refractivity contribution in [3.05, 3.63) is 35.9 Å². The second-order valence-electron chi connectivity index (χ2n) is 4.67. The fourth-order valence-corrected chi connectivity index (χ4v) is 5.70. The standard InChI is InChI=1S/C15H17NO2S2/c1-3-12-13(15-19-8-9-20-15)16(14(12)17)10-4-6-11(18-2)7-5-10/h3-7,13,15H,8-9H2,1-2H3/b12-3+. The average molecular weight is 307 g/mol. The van der Waals surface area contributed by atoms with Crippen LogP contribution in [0.25, 0.3) is 0 Å². The second kappa shape index (κ2) is 5.74. The highest BCUT2D eigenvalue weighted by molar-refractivity contribution is 8.20. The first-order valence-electron chi connectivity index (χ1n) is 6.63. The summed E-state index contributed by atoms with van der Waals surface area (Å²) in [7, 11) is 1.65. The average Bonchev–Trinajstić information content (AvgIpc) is 2.99. The third-order valence-corrected chi connectivity index (χ3v) is 6.76. The number of nitrogens with zero attached hydrogens (tertiary/aromatic N) is 1. The van der Waals surface area contributed by atoms with Crippen molar-refractivity contribution in [3.63, 3.8) is 0 Å². The molecule has 3 rings (SSSR count). The molecule has 5 heteroatoms. The molecule has 3 nitrogen and oxygen atoms in total. The van der Waals surface area contributed by atoms with E-state index < -0.39 is 0 Å². The van der Waals surface area contributed by atoms with Crippen molar-refractivity contribution in [3.8, 4) is 5.75 Å². The molecule has 2 fully saturated rings. The van der Waals surface area contributed by atoms with Crippen LogP contribution in [-0.4, -0.2) is 35.1 Å². The second-order valence-corrected chi connectivity index (χ2v) is 7.47. The van der Waals surface area contributed by atoms with E-state index in [4.69, 9.17) is 4.74 Å². The maximum Gasteiger partial charge on any atom is 0.256 e. The lowest BCUT2D eigenvalue weighted by molar-refractivity contribution is -0.118. The van der Waals surface area contributed by atoms with Gasteiger partial charge >= 0.3 is 0 Å². The zero-order valence-corrected chi connectivity index (χ0v) is 13.2. The molecule has 1 unspecified atom stereocenters. The Morgan fingerprint density at radius 2 is 1.90 bits per heavy atom. The Kier molecular flexibility index (Phi) is 3.98. The van der Waals surface area contributed by atoms with E-state index in [0.29, 0.717) is 4.58 Å². The van der Waals surface area contributed by atoms with Crippen molar-refractivity contribution in [1.29, 1.82) is 0 Å². The SMILES string of the molecule is C/C=C1/C(=O)N(c2ccc(OC)cc2)C1C1SCCS1. The molecule has 2 aliphatic heterocycles. The van der Waals surface area contributed by atoms with E-state index >= 15 is 0 Å². The van der Waals surface area contributed by atoms with Crippen LogP contribution in [0.1, 0.15) is 6.92 Å². The van der Waals surface area contributed by atoms with Gasteiger partial charge in [0.15, 0.2) is 0 Å². The summed E-state index contributed by atoms with van der Waals surface area (Å²) in [5.41, 5.74) is 1.91. The van der Waals surface area contributed by atoms with Crippen LogP contribution in [0.3, 0.4) is 0 Å². The number of carbonyl (C=O) groups is 1. The lowest BCUT2D eigenvalue weighted by atomic mass is 9.94. The molecule has 2 saturated heterocycles. The number of allylic oxidation sites excluding steroid dienone is 1. The van der Waals surface area contributed by atoms with Gasteiger partial charge in [-0.3, -0.25) is 9.69 Å². The number of thioether (sulfide) groups is 2. The predicted octanol–water partition coefficient (Wildman–Crippen LogP) is 3.16. The Balaban J connectivity index is 1.87. The molecule has 0 N–H and O–H groups in total. The number of hydrogen-bond donors (Lipinski definition) is 0.